The van der Waals surface area contributed by atoms with Crippen molar-refractivity contribution in [2.24, 2.45) is 4.40 Å². The largest absolute Gasteiger partial charge is 0.496 e. The Kier molecular flexibility index (Phi) is 5.71. The van der Waals surface area contributed by atoms with Gasteiger partial charge in [-0.1, -0.05) is 30.3 Å². The highest BCUT2D eigenvalue weighted by molar-refractivity contribution is 7.90. The Balaban J connectivity index is 1.51. The Morgan fingerprint density at radius 2 is 1.66 bits per heavy atom. The maximum Gasteiger partial charge on any atom is 0.285 e. The van der Waals surface area contributed by atoms with Gasteiger partial charge in [-0.25, -0.2) is 0 Å². The molecule has 1 N–H and O–H groups in total. The van der Waals surface area contributed by atoms with Crippen LogP contribution in [0.15, 0.2) is 82.1 Å². The van der Waals surface area contributed by atoms with Gasteiger partial charge >= 0.3 is 0 Å². The molecule has 1 amide bonds. The van der Waals surface area contributed by atoms with E-state index in [1.54, 1.807) is 61.5 Å². The first-order valence-electron chi connectivity index (χ1n) is 10.0. The standard InChI is InChI=1S/C24H23N3O4S/c1-16(19-8-4-6-10-21(19)31-3)27(2)24(28)17-12-14-18(15-13-17)25-23-20-9-5-7-11-22(20)32(29,30)26-23/h4-16H,1-3H3,(H,25,26). The number of amidine groups is 1. The van der Waals surface area contributed by atoms with Gasteiger partial charge in [-0.3, -0.25) is 4.79 Å². The predicted octanol–water partition coefficient (Wildman–Crippen LogP) is 4.09. The third-order valence-electron chi connectivity index (χ3n) is 5.52. The first kappa shape index (κ1) is 21.6. The molecule has 32 heavy (non-hydrogen) atoms. The van der Waals surface area contributed by atoms with Crippen LogP contribution in [0.2, 0.25) is 0 Å². The van der Waals surface area contributed by atoms with E-state index < -0.39 is 10.0 Å². The Morgan fingerprint density at radius 1 is 1.00 bits per heavy atom. The minimum atomic E-state index is -3.69. The molecule has 1 aliphatic rings. The van der Waals surface area contributed by atoms with Crippen molar-refractivity contribution in [1.29, 1.82) is 0 Å². The summed E-state index contributed by atoms with van der Waals surface area (Å²) in [5.41, 5.74) is 2.59. The first-order chi connectivity index (χ1) is 15.3. The van der Waals surface area contributed by atoms with E-state index in [4.69, 9.17) is 4.74 Å². The average Bonchev–Trinajstić information content (AvgIpc) is 3.08. The van der Waals surface area contributed by atoms with Crippen LogP contribution >= 0.6 is 0 Å². The molecule has 164 valence electrons. The summed E-state index contributed by atoms with van der Waals surface area (Å²) in [6.07, 6.45) is 0. The minimum absolute atomic E-state index is 0.138. The van der Waals surface area contributed by atoms with Crippen molar-refractivity contribution in [2.45, 2.75) is 17.9 Å². The van der Waals surface area contributed by atoms with Crippen LogP contribution in [-0.4, -0.2) is 39.2 Å². The average molecular weight is 450 g/mol. The van der Waals surface area contributed by atoms with Crippen LogP contribution in [0.4, 0.5) is 5.69 Å². The maximum atomic E-state index is 13.0. The summed E-state index contributed by atoms with van der Waals surface area (Å²) in [6, 6.07) is 20.9. The number of hydrogen-bond donors (Lipinski definition) is 1. The molecular weight excluding hydrogens is 426 g/mol. The van der Waals surface area contributed by atoms with Gasteiger partial charge in [0.1, 0.15) is 10.6 Å². The van der Waals surface area contributed by atoms with Crippen LogP contribution in [0, 0.1) is 0 Å². The van der Waals surface area contributed by atoms with E-state index in [-0.39, 0.29) is 22.7 Å². The number of amides is 1. The van der Waals surface area contributed by atoms with Crippen molar-refractivity contribution < 1.29 is 17.9 Å². The summed E-state index contributed by atoms with van der Waals surface area (Å²) in [6.45, 7) is 1.95. The molecule has 0 fully saturated rings. The van der Waals surface area contributed by atoms with Crippen molar-refractivity contribution in [3.8, 4) is 5.75 Å². The maximum absolute atomic E-state index is 13.0. The lowest BCUT2D eigenvalue weighted by Gasteiger charge is -2.26. The fourth-order valence-electron chi connectivity index (χ4n) is 3.63. The predicted molar refractivity (Wildman–Crippen MR) is 124 cm³/mol. The highest BCUT2D eigenvalue weighted by Gasteiger charge is 2.28. The molecule has 7 nitrogen and oxygen atoms in total. The van der Waals surface area contributed by atoms with Gasteiger partial charge in [0, 0.05) is 29.4 Å². The minimum Gasteiger partial charge on any atom is -0.496 e. The number of sulfonamides is 1. The zero-order valence-corrected chi connectivity index (χ0v) is 18.8. The smallest absolute Gasteiger partial charge is 0.285 e. The van der Waals surface area contributed by atoms with Crippen molar-refractivity contribution in [3.63, 3.8) is 0 Å². The molecule has 0 spiro atoms. The molecular formula is C24H23N3O4S. The topological polar surface area (TPSA) is 88.1 Å². The van der Waals surface area contributed by atoms with Gasteiger partial charge in [0.15, 0.2) is 5.84 Å². The van der Waals surface area contributed by atoms with Gasteiger partial charge < -0.3 is 15.0 Å². The van der Waals surface area contributed by atoms with Crippen LogP contribution in [0.5, 0.6) is 5.75 Å². The fraction of sp³-hybridized carbons (Fsp3) is 0.167. The number of nitrogens with one attached hydrogen (secondary N) is 1. The Hall–Kier alpha value is -3.65. The quantitative estimate of drug-likeness (QED) is 0.634. The molecule has 0 bridgehead atoms. The molecule has 0 saturated heterocycles. The number of para-hydroxylation sites is 1. The molecule has 3 aromatic carbocycles. The Morgan fingerprint density at radius 3 is 2.38 bits per heavy atom. The molecule has 1 heterocycles. The van der Waals surface area contributed by atoms with E-state index in [2.05, 4.69) is 9.71 Å². The lowest BCUT2D eigenvalue weighted by molar-refractivity contribution is 0.0741. The fourth-order valence-corrected chi connectivity index (χ4v) is 4.80. The summed E-state index contributed by atoms with van der Waals surface area (Å²) >= 11 is 0. The third kappa shape index (κ3) is 3.97. The first-order valence-corrected chi connectivity index (χ1v) is 11.5. The van der Waals surface area contributed by atoms with Crippen LogP contribution in [0.3, 0.4) is 0 Å². The zero-order chi connectivity index (χ0) is 22.9. The van der Waals surface area contributed by atoms with Crippen LogP contribution < -0.4 is 10.1 Å². The normalized spacial score (nSPS) is 14.8. The number of anilines is 1. The number of fused-ring (bicyclic) bond motifs is 1. The lowest BCUT2D eigenvalue weighted by atomic mass is 10.0. The number of carbonyl (C=O) groups excluding carboxylic acids is 1. The second-order valence-corrected chi connectivity index (χ2v) is 9.02. The number of rotatable bonds is 5. The summed E-state index contributed by atoms with van der Waals surface area (Å²) < 4.78 is 33.7. The molecule has 8 heteroatoms. The Bertz CT molecular complexity index is 1300. The number of nitrogens with zero attached hydrogens (tertiary/aromatic N) is 2. The lowest BCUT2D eigenvalue weighted by Crippen LogP contribution is -2.29. The van der Waals surface area contributed by atoms with Gasteiger partial charge in [0.05, 0.1) is 13.2 Å². The second kappa shape index (κ2) is 8.47. The summed E-state index contributed by atoms with van der Waals surface area (Å²) in [7, 11) is -0.336. The van der Waals surface area contributed by atoms with Gasteiger partial charge in [0.25, 0.3) is 15.9 Å². The van der Waals surface area contributed by atoms with Crippen molar-refractivity contribution in [2.75, 3.05) is 19.5 Å². The summed E-state index contributed by atoms with van der Waals surface area (Å²) in [5.74, 6) is 0.856. The molecule has 1 unspecified atom stereocenters. The second-order valence-electron chi connectivity index (χ2n) is 7.45. The monoisotopic (exact) mass is 449 g/mol. The van der Waals surface area contributed by atoms with Crippen LogP contribution in [0.1, 0.15) is 34.5 Å². The van der Waals surface area contributed by atoms with E-state index in [1.807, 2.05) is 31.2 Å². The highest BCUT2D eigenvalue weighted by Crippen LogP contribution is 2.30. The summed E-state index contributed by atoms with van der Waals surface area (Å²) in [4.78, 5) is 14.9. The Labute approximate surface area is 187 Å². The van der Waals surface area contributed by atoms with Gasteiger partial charge in [0.2, 0.25) is 0 Å². The van der Waals surface area contributed by atoms with Gasteiger partial charge in [-0.2, -0.15) is 8.42 Å². The van der Waals surface area contributed by atoms with Crippen LogP contribution in [-0.2, 0) is 10.0 Å². The zero-order valence-electron chi connectivity index (χ0n) is 17.9. The van der Waals surface area contributed by atoms with E-state index in [0.29, 0.717) is 16.8 Å². The third-order valence-corrected chi connectivity index (χ3v) is 6.85. The highest BCUT2D eigenvalue weighted by atomic mass is 32.2. The number of carbonyl (C=O) groups is 1. The van der Waals surface area contributed by atoms with Crippen molar-refractivity contribution >= 4 is 27.5 Å². The molecule has 0 aromatic heterocycles. The number of ether oxygens (including phenoxy) is 1. The molecule has 0 saturated carbocycles. The van der Waals surface area contributed by atoms with Gasteiger partial charge in [-0.15, -0.1) is 4.40 Å². The SMILES string of the molecule is COc1ccccc1C(C)N(C)C(=O)c1ccc(NC2=NS(=O)(=O)c3ccccc32)cc1. The van der Waals surface area contributed by atoms with E-state index in [9.17, 15) is 13.2 Å². The van der Waals surface area contributed by atoms with E-state index in [0.717, 1.165) is 11.3 Å². The van der Waals surface area contributed by atoms with Crippen LogP contribution in [0.25, 0.3) is 0 Å². The molecule has 3 aromatic rings. The van der Waals surface area contributed by atoms with E-state index in [1.165, 1.54) is 6.07 Å². The molecule has 0 radical (unpaired) electrons. The van der Waals surface area contributed by atoms with Crippen molar-refractivity contribution in [1.82, 2.24) is 4.90 Å². The van der Waals surface area contributed by atoms with Gasteiger partial charge in [-0.05, 0) is 49.4 Å². The number of methoxy groups -OCH3 is 1. The molecule has 0 aliphatic carbocycles. The number of benzene rings is 3. The molecule has 1 aliphatic heterocycles. The van der Waals surface area contributed by atoms with Crippen molar-refractivity contribution in [3.05, 3.63) is 89.5 Å². The molecule has 4 rings (SSSR count). The molecule has 1 atom stereocenters. The number of hydrogen-bond acceptors (Lipinski definition) is 5. The summed E-state index contributed by atoms with van der Waals surface area (Å²) in [5, 5.41) is 3.04. The van der Waals surface area contributed by atoms with E-state index >= 15 is 0 Å².